The molecule has 6 heteroatoms. The lowest BCUT2D eigenvalue weighted by Crippen LogP contribution is -2.37. The third-order valence-corrected chi connectivity index (χ3v) is 3.28. The molecule has 4 nitrogen and oxygen atoms in total. The van der Waals surface area contributed by atoms with E-state index in [1.165, 1.54) is 0 Å². The molecule has 0 saturated carbocycles. The summed E-state index contributed by atoms with van der Waals surface area (Å²) in [6.07, 6.45) is 0.179. The van der Waals surface area contributed by atoms with Crippen molar-refractivity contribution < 1.29 is 14.3 Å². The van der Waals surface area contributed by atoms with Crippen LogP contribution in [0.5, 0.6) is 5.75 Å². The van der Waals surface area contributed by atoms with Crippen molar-refractivity contribution in [3.05, 3.63) is 28.2 Å². The number of rotatable bonds is 8. The number of hydrogen-bond acceptors (Lipinski definition) is 3. The Morgan fingerprint density at radius 2 is 2.10 bits per heavy atom. The molecule has 0 fully saturated rings. The van der Waals surface area contributed by atoms with Gasteiger partial charge in [-0.05, 0) is 32.4 Å². The maximum atomic E-state index is 11.8. The van der Waals surface area contributed by atoms with Gasteiger partial charge in [0, 0.05) is 25.8 Å². The molecule has 0 aliphatic heterocycles. The van der Waals surface area contributed by atoms with Gasteiger partial charge in [-0.1, -0.05) is 23.2 Å². The lowest BCUT2D eigenvalue weighted by Gasteiger charge is -2.15. The standard InChI is InChI=1S/C14H19Cl2NO3/c1-3-19-8-4-7-17-14(18)10(2)20-11-5-6-12(15)13(16)9-11/h5-6,9-10H,3-4,7-8H2,1-2H3,(H,17,18). The van der Waals surface area contributed by atoms with Gasteiger partial charge in [-0.2, -0.15) is 0 Å². The predicted octanol–water partition coefficient (Wildman–Crippen LogP) is 3.30. The van der Waals surface area contributed by atoms with Crippen LogP contribution in [-0.4, -0.2) is 31.8 Å². The molecule has 0 heterocycles. The summed E-state index contributed by atoms with van der Waals surface area (Å²) in [5.41, 5.74) is 0. The van der Waals surface area contributed by atoms with Crippen molar-refractivity contribution in [1.29, 1.82) is 0 Å². The van der Waals surface area contributed by atoms with E-state index < -0.39 is 6.10 Å². The lowest BCUT2D eigenvalue weighted by molar-refractivity contribution is -0.127. The topological polar surface area (TPSA) is 47.6 Å². The maximum absolute atomic E-state index is 11.8. The maximum Gasteiger partial charge on any atom is 0.260 e. The average Bonchev–Trinajstić information content (AvgIpc) is 2.42. The molecule has 1 amide bonds. The highest BCUT2D eigenvalue weighted by Crippen LogP contribution is 2.26. The monoisotopic (exact) mass is 319 g/mol. The molecule has 0 radical (unpaired) electrons. The summed E-state index contributed by atoms with van der Waals surface area (Å²) in [5.74, 6) is 0.337. The number of nitrogens with one attached hydrogen (secondary N) is 1. The minimum Gasteiger partial charge on any atom is -0.481 e. The third kappa shape index (κ3) is 5.99. The van der Waals surface area contributed by atoms with E-state index in [2.05, 4.69) is 5.32 Å². The Balaban J connectivity index is 2.35. The number of hydrogen-bond donors (Lipinski definition) is 1. The first-order valence-corrected chi connectivity index (χ1v) is 7.27. The fourth-order valence-corrected chi connectivity index (χ4v) is 1.77. The largest absolute Gasteiger partial charge is 0.481 e. The predicted molar refractivity (Wildman–Crippen MR) is 80.7 cm³/mol. The molecule has 0 saturated heterocycles. The summed E-state index contributed by atoms with van der Waals surface area (Å²) in [6.45, 7) is 5.50. The first kappa shape index (κ1) is 17.1. The van der Waals surface area contributed by atoms with Crippen molar-refractivity contribution in [2.24, 2.45) is 0 Å². The molecule has 112 valence electrons. The van der Waals surface area contributed by atoms with E-state index in [0.29, 0.717) is 35.6 Å². The van der Waals surface area contributed by atoms with E-state index in [4.69, 9.17) is 32.7 Å². The number of halogens is 2. The Labute approximate surface area is 129 Å². The Morgan fingerprint density at radius 3 is 2.75 bits per heavy atom. The van der Waals surface area contributed by atoms with Crippen LogP contribution in [0.25, 0.3) is 0 Å². The van der Waals surface area contributed by atoms with Gasteiger partial charge >= 0.3 is 0 Å². The molecule has 1 atom stereocenters. The lowest BCUT2D eigenvalue weighted by atomic mass is 10.3. The van der Waals surface area contributed by atoms with Gasteiger partial charge in [0.15, 0.2) is 6.10 Å². The van der Waals surface area contributed by atoms with Crippen LogP contribution < -0.4 is 10.1 Å². The van der Waals surface area contributed by atoms with Crippen molar-refractivity contribution in [2.75, 3.05) is 19.8 Å². The molecule has 0 aliphatic rings. The van der Waals surface area contributed by atoms with Crippen molar-refractivity contribution in [3.8, 4) is 5.75 Å². The van der Waals surface area contributed by atoms with Crippen LogP contribution in [0.1, 0.15) is 20.3 Å². The van der Waals surface area contributed by atoms with E-state index >= 15 is 0 Å². The zero-order valence-electron chi connectivity index (χ0n) is 11.6. The molecule has 0 aliphatic carbocycles. The third-order valence-electron chi connectivity index (χ3n) is 2.54. The summed E-state index contributed by atoms with van der Waals surface area (Å²) >= 11 is 11.7. The van der Waals surface area contributed by atoms with Crippen LogP contribution in [0.4, 0.5) is 0 Å². The van der Waals surface area contributed by atoms with Gasteiger partial charge in [-0.25, -0.2) is 0 Å². The second kappa shape index (κ2) is 9.06. The first-order valence-electron chi connectivity index (χ1n) is 6.51. The highest BCUT2D eigenvalue weighted by Gasteiger charge is 2.14. The van der Waals surface area contributed by atoms with Gasteiger partial charge in [-0.3, -0.25) is 4.79 Å². The summed E-state index contributed by atoms with van der Waals surface area (Å²) in [6, 6.07) is 4.89. The minimum atomic E-state index is -0.598. The second-order valence-electron chi connectivity index (χ2n) is 4.18. The van der Waals surface area contributed by atoms with Crippen molar-refractivity contribution >= 4 is 29.1 Å². The molecule has 0 aromatic heterocycles. The summed E-state index contributed by atoms with van der Waals surface area (Å²) in [5, 5.41) is 3.63. The highest BCUT2D eigenvalue weighted by atomic mass is 35.5. The Morgan fingerprint density at radius 1 is 1.35 bits per heavy atom. The molecule has 1 unspecified atom stereocenters. The zero-order valence-corrected chi connectivity index (χ0v) is 13.1. The molecule has 1 rings (SSSR count). The van der Waals surface area contributed by atoms with E-state index in [-0.39, 0.29) is 5.91 Å². The van der Waals surface area contributed by atoms with E-state index in [0.717, 1.165) is 6.42 Å². The average molecular weight is 320 g/mol. The van der Waals surface area contributed by atoms with Crippen LogP contribution in [0, 0.1) is 0 Å². The highest BCUT2D eigenvalue weighted by molar-refractivity contribution is 6.42. The van der Waals surface area contributed by atoms with Gasteiger partial charge in [0.1, 0.15) is 5.75 Å². The smallest absolute Gasteiger partial charge is 0.260 e. The van der Waals surface area contributed by atoms with Gasteiger partial charge in [-0.15, -0.1) is 0 Å². The number of ether oxygens (including phenoxy) is 2. The number of carbonyl (C=O) groups is 1. The molecular formula is C14H19Cl2NO3. The van der Waals surface area contributed by atoms with Crippen molar-refractivity contribution in [1.82, 2.24) is 5.32 Å². The van der Waals surface area contributed by atoms with Crippen LogP contribution in [-0.2, 0) is 9.53 Å². The summed E-state index contributed by atoms with van der Waals surface area (Å²) < 4.78 is 10.7. The van der Waals surface area contributed by atoms with Crippen molar-refractivity contribution in [2.45, 2.75) is 26.4 Å². The normalized spacial score (nSPS) is 12.0. The van der Waals surface area contributed by atoms with Gasteiger partial charge < -0.3 is 14.8 Å². The Hall–Kier alpha value is -0.970. The first-order chi connectivity index (χ1) is 9.54. The van der Waals surface area contributed by atoms with E-state index in [1.54, 1.807) is 25.1 Å². The SMILES string of the molecule is CCOCCCNC(=O)C(C)Oc1ccc(Cl)c(Cl)c1. The molecule has 1 aromatic rings. The van der Waals surface area contributed by atoms with Crippen LogP contribution in [0.3, 0.4) is 0 Å². The van der Waals surface area contributed by atoms with E-state index in [9.17, 15) is 4.79 Å². The van der Waals surface area contributed by atoms with Gasteiger partial charge in [0.05, 0.1) is 10.0 Å². The Bertz CT molecular complexity index is 440. The molecule has 20 heavy (non-hydrogen) atoms. The van der Waals surface area contributed by atoms with Gasteiger partial charge in [0.2, 0.25) is 0 Å². The van der Waals surface area contributed by atoms with Crippen LogP contribution in [0.15, 0.2) is 18.2 Å². The number of amides is 1. The van der Waals surface area contributed by atoms with Crippen LogP contribution >= 0.6 is 23.2 Å². The molecule has 1 aromatic carbocycles. The van der Waals surface area contributed by atoms with E-state index in [1.807, 2.05) is 6.92 Å². The Kier molecular flexibility index (Phi) is 7.73. The minimum absolute atomic E-state index is 0.174. The molecular weight excluding hydrogens is 301 g/mol. The second-order valence-corrected chi connectivity index (χ2v) is 4.99. The number of carbonyl (C=O) groups excluding carboxylic acids is 1. The fourth-order valence-electron chi connectivity index (χ4n) is 1.48. The molecule has 0 spiro atoms. The molecule has 0 bridgehead atoms. The number of benzene rings is 1. The van der Waals surface area contributed by atoms with Gasteiger partial charge in [0.25, 0.3) is 5.91 Å². The van der Waals surface area contributed by atoms with Crippen LogP contribution in [0.2, 0.25) is 10.0 Å². The summed E-state index contributed by atoms with van der Waals surface area (Å²) in [4.78, 5) is 11.8. The summed E-state index contributed by atoms with van der Waals surface area (Å²) in [7, 11) is 0. The zero-order chi connectivity index (χ0) is 15.0. The quantitative estimate of drug-likeness (QED) is 0.748. The fraction of sp³-hybridized carbons (Fsp3) is 0.500. The van der Waals surface area contributed by atoms with Crippen molar-refractivity contribution in [3.63, 3.8) is 0 Å². The molecule has 1 N–H and O–H groups in total.